The Morgan fingerprint density at radius 1 is 1.45 bits per heavy atom. The third kappa shape index (κ3) is 2.83. The Labute approximate surface area is 66.8 Å². The van der Waals surface area contributed by atoms with Crippen LogP contribution in [0.25, 0.3) is 0 Å². The number of hydrazine groups is 1. The van der Waals surface area contributed by atoms with Gasteiger partial charge in [0.1, 0.15) is 0 Å². The lowest BCUT2D eigenvalue weighted by molar-refractivity contribution is 0.514. The smallest absolute Gasteiger partial charge is 0.227 e. The van der Waals surface area contributed by atoms with Crippen molar-refractivity contribution >= 4 is 21.3 Å². The summed E-state index contributed by atoms with van der Waals surface area (Å²) in [7, 11) is -3.44. The minimum absolute atomic E-state index is 0.418. The molecule has 6 nitrogen and oxygen atoms in total. The zero-order valence-corrected chi connectivity index (χ0v) is 7.07. The van der Waals surface area contributed by atoms with E-state index in [0.717, 1.165) is 0 Å². The van der Waals surface area contributed by atoms with Crippen molar-refractivity contribution in [1.82, 2.24) is 9.66 Å². The predicted octanol–water partition coefficient (Wildman–Crippen LogP) is -1.63. The van der Waals surface area contributed by atoms with Gasteiger partial charge in [-0.05, 0) is 12.8 Å². The van der Waals surface area contributed by atoms with E-state index >= 15 is 0 Å². The molecule has 0 aromatic carbocycles. The normalized spacial score (nSPS) is 21.5. The summed E-state index contributed by atoms with van der Waals surface area (Å²) in [5.41, 5.74) is 0. The van der Waals surface area contributed by atoms with Gasteiger partial charge in [0.15, 0.2) is 0 Å². The molecular formula is C3H7N2O4S2-. The van der Waals surface area contributed by atoms with E-state index in [9.17, 15) is 17.2 Å². The van der Waals surface area contributed by atoms with Gasteiger partial charge in [0.25, 0.3) is 0 Å². The van der Waals surface area contributed by atoms with Gasteiger partial charge in [-0.2, -0.15) is 4.83 Å². The second-order valence-electron chi connectivity index (χ2n) is 2.18. The average molecular weight is 199 g/mol. The molecule has 11 heavy (non-hydrogen) atoms. The molecule has 8 heteroatoms. The van der Waals surface area contributed by atoms with Crippen molar-refractivity contribution in [3.05, 3.63) is 0 Å². The van der Waals surface area contributed by atoms with Crippen LogP contribution < -0.4 is 9.66 Å². The molecule has 0 radical (unpaired) electrons. The first kappa shape index (κ1) is 9.07. The first-order valence-electron chi connectivity index (χ1n) is 2.88. The zero-order chi connectivity index (χ0) is 8.48. The quantitative estimate of drug-likeness (QED) is 0.419. The summed E-state index contributed by atoms with van der Waals surface area (Å²) in [6.07, 6.45) is 1.20. The fourth-order valence-corrected chi connectivity index (χ4v) is 2.21. The lowest BCUT2D eigenvalue weighted by Gasteiger charge is -2.08. The molecule has 0 spiro atoms. The van der Waals surface area contributed by atoms with Crippen LogP contribution >= 0.6 is 0 Å². The van der Waals surface area contributed by atoms with Gasteiger partial charge < -0.3 is 4.55 Å². The molecule has 2 N–H and O–H groups in total. The van der Waals surface area contributed by atoms with E-state index in [-0.39, 0.29) is 0 Å². The Bertz CT molecular complexity index is 257. The minimum atomic E-state index is -3.44. The summed E-state index contributed by atoms with van der Waals surface area (Å²) in [6.45, 7) is 0. The molecular weight excluding hydrogens is 192 g/mol. The lowest BCUT2D eigenvalue weighted by atomic mass is 11.0. The Balaban J connectivity index is 2.40. The summed E-state index contributed by atoms with van der Waals surface area (Å²) in [5.74, 6) is 0. The van der Waals surface area contributed by atoms with Gasteiger partial charge in [-0.15, -0.1) is 4.83 Å². The SMILES string of the molecule is O=S([O-])NNS(=O)(=O)C1CC1. The van der Waals surface area contributed by atoms with Crippen LogP contribution in [-0.2, 0) is 21.3 Å². The van der Waals surface area contributed by atoms with Gasteiger partial charge in [-0.1, -0.05) is 0 Å². The highest BCUT2D eigenvalue weighted by Crippen LogP contribution is 2.26. The molecule has 0 aromatic rings. The van der Waals surface area contributed by atoms with E-state index in [2.05, 4.69) is 0 Å². The molecule has 1 saturated carbocycles. The van der Waals surface area contributed by atoms with Gasteiger partial charge >= 0.3 is 0 Å². The van der Waals surface area contributed by atoms with E-state index in [1.165, 1.54) is 0 Å². The summed E-state index contributed by atoms with van der Waals surface area (Å²) in [4.78, 5) is 3.32. The van der Waals surface area contributed by atoms with E-state index in [4.69, 9.17) is 0 Å². The van der Waals surface area contributed by atoms with E-state index < -0.39 is 26.5 Å². The molecule has 0 bridgehead atoms. The molecule has 1 atom stereocenters. The molecule has 1 fully saturated rings. The third-order valence-corrected chi connectivity index (χ3v) is 3.36. The summed E-state index contributed by atoms with van der Waals surface area (Å²) < 4.78 is 41.4. The average Bonchev–Trinajstić information content (AvgIpc) is 2.64. The number of nitrogens with one attached hydrogen (secondary N) is 2. The molecule has 0 amide bonds. The van der Waals surface area contributed by atoms with Crippen LogP contribution in [0.1, 0.15) is 12.8 Å². The van der Waals surface area contributed by atoms with Crippen molar-refractivity contribution < 1.29 is 17.2 Å². The van der Waals surface area contributed by atoms with Crippen molar-refractivity contribution in [2.24, 2.45) is 0 Å². The Morgan fingerprint density at radius 2 is 2.00 bits per heavy atom. The highest BCUT2D eigenvalue weighted by atomic mass is 32.2. The van der Waals surface area contributed by atoms with Gasteiger partial charge in [0.2, 0.25) is 10.0 Å². The lowest BCUT2D eigenvalue weighted by Crippen LogP contribution is -2.40. The number of hydrogen-bond donors (Lipinski definition) is 2. The first-order valence-corrected chi connectivity index (χ1v) is 5.50. The highest BCUT2D eigenvalue weighted by Gasteiger charge is 2.35. The van der Waals surface area contributed by atoms with Crippen molar-refractivity contribution in [3.63, 3.8) is 0 Å². The van der Waals surface area contributed by atoms with E-state index in [0.29, 0.717) is 12.8 Å². The molecule has 1 rings (SSSR count). The third-order valence-electron chi connectivity index (χ3n) is 1.23. The fraction of sp³-hybridized carbons (Fsp3) is 1.00. The maximum Gasteiger partial charge on any atom is 0.227 e. The Morgan fingerprint density at radius 3 is 2.36 bits per heavy atom. The monoisotopic (exact) mass is 199 g/mol. The van der Waals surface area contributed by atoms with Crippen molar-refractivity contribution in [2.45, 2.75) is 18.1 Å². The fourth-order valence-electron chi connectivity index (χ4n) is 0.554. The Hall–Kier alpha value is -0.0200. The van der Waals surface area contributed by atoms with Crippen LogP contribution in [0, 0.1) is 0 Å². The van der Waals surface area contributed by atoms with Crippen LogP contribution in [0.3, 0.4) is 0 Å². The van der Waals surface area contributed by atoms with E-state index in [1.54, 1.807) is 9.66 Å². The molecule has 66 valence electrons. The van der Waals surface area contributed by atoms with E-state index in [1.807, 2.05) is 0 Å². The summed E-state index contributed by atoms with van der Waals surface area (Å²) in [5, 5.41) is -0.418. The van der Waals surface area contributed by atoms with Crippen LogP contribution in [0.2, 0.25) is 0 Å². The number of rotatable bonds is 4. The summed E-state index contributed by atoms with van der Waals surface area (Å²) in [6, 6.07) is 0. The van der Waals surface area contributed by atoms with Crippen LogP contribution in [0.15, 0.2) is 0 Å². The highest BCUT2D eigenvalue weighted by molar-refractivity contribution is 7.91. The number of sulfonamides is 1. The second kappa shape index (κ2) is 3.15. The molecule has 1 unspecified atom stereocenters. The molecule has 0 saturated heterocycles. The van der Waals surface area contributed by atoms with Crippen molar-refractivity contribution in [1.29, 1.82) is 0 Å². The molecule has 1 aliphatic rings. The van der Waals surface area contributed by atoms with Gasteiger partial charge in [0.05, 0.1) is 5.25 Å². The molecule has 0 heterocycles. The van der Waals surface area contributed by atoms with Crippen LogP contribution in [0.4, 0.5) is 0 Å². The predicted molar refractivity (Wildman–Crippen MR) is 37.1 cm³/mol. The topological polar surface area (TPSA) is 98.3 Å². The van der Waals surface area contributed by atoms with Gasteiger partial charge in [-0.25, -0.2) is 8.42 Å². The molecule has 0 aromatic heterocycles. The maximum atomic E-state index is 10.9. The first-order chi connectivity index (χ1) is 5.02. The maximum absolute atomic E-state index is 10.9. The van der Waals surface area contributed by atoms with Gasteiger partial charge in [0, 0.05) is 11.3 Å². The van der Waals surface area contributed by atoms with Crippen LogP contribution in [-0.4, -0.2) is 22.4 Å². The molecule has 1 aliphatic carbocycles. The molecule has 0 aliphatic heterocycles. The summed E-state index contributed by atoms with van der Waals surface area (Å²) >= 11 is -2.59. The zero-order valence-electron chi connectivity index (χ0n) is 5.44. The van der Waals surface area contributed by atoms with Crippen LogP contribution in [0.5, 0.6) is 0 Å². The van der Waals surface area contributed by atoms with Crippen molar-refractivity contribution in [2.75, 3.05) is 0 Å². The van der Waals surface area contributed by atoms with Gasteiger partial charge in [-0.3, -0.25) is 4.21 Å². The van der Waals surface area contributed by atoms with Crippen molar-refractivity contribution in [3.8, 4) is 0 Å². The largest absolute Gasteiger partial charge is 0.759 e. The standard InChI is InChI=1S/C3H8N2O4S2/c6-10(7)4-5-11(8,9)3-1-2-3/h3-5H,1-2H2,(H,6,7)/p-1. The minimum Gasteiger partial charge on any atom is -0.759 e. The Kier molecular flexibility index (Phi) is 2.60. The number of hydrogen-bond acceptors (Lipinski definition) is 4. The second-order valence-corrected chi connectivity index (χ2v) is 4.82.